The zero-order valence-electron chi connectivity index (χ0n) is 11.2. The number of aromatic nitrogens is 1. The van der Waals surface area contributed by atoms with Gasteiger partial charge in [-0.15, -0.1) is 0 Å². The molecule has 0 spiro atoms. The molecule has 1 aliphatic carbocycles. The zero-order valence-corrected chi connectivity index (χ0v) is 12.0. The third kappa shape index (κ3) is 3.75. The van der Waals surface area contributed by atoms with Gasteiger partial charge in [0.2, 0.25) is 0 Å². The lowest BCUT2D eigenvalue weighted by molar-refractivity contribution is 0.497. The molecule has 2 atom stereocenters. The van der Waals surface area contributed by atoms with Gasteiger partial charge in [-0.3, -0.25) is 0 Å². The molecule has 2 unspecified atom stereocenters. The van der Waals surface area contributed by atoms with Crippen molar-refractivity contribution in [1.82, 2.24) is 9.71 Å². The first-order chi connectivity index (χ1) is 9.01. The molecule has 1 fully saturated rings. The van der Waals surface area contributed by atoms with E-state index in [0.717, 1.165) is 18.4 Å². The van der Waals surface area contributed by atoms with Crippen LogP contribution in [-0.4, -0.2) is 19.9 Å². The Kier molecular flexibility index (Phi) is 4.54. The summed E-state index contributed by atoms with van der Waals surface area (Å²) < 4.78 is 26.8. The van der Waals surface area contributed by atoms with Crippen LogP contribution in [0.25, 0.3) is 0 Å². The molecule has 0 aliphatic heterocycles. The van der Waals surface area contributed by atoms with Gasteiger partial charge >= 0.3 is 0 Å². The van der Waals surface area contributed by atoms with E-state index in [2.05, 4.69) is 16.6 Å². The van der Waals surface area contributed by atoms with Crippen LogP contribution >= 0.6 is 0 Å². The zero-order chi connectivity index (χ0) is 13.9. The molecule has 1 heterocycles. The van der Waals surface area contributed by atoms with Gasteiger partial charge in [0.15, 0.2) is 5.03 Å². The number of nitrogens with two attached hydrogens (primary N) is 1. The Balaban J connectivity index is 1.97. The maximum Gasteiger partial charge on any atom is 0.258 e. The van der Waals surface area contributed by atoms with E-state index in [0.29, 0.717) is 24.9 Å². The number of pyridine rings is 1. The molecule has 0 amide bonds. The molecule has 5 nitrogen and oxygen atoms in total. The van der Waals surface area contributed by atoms with Crippen molar-refractivity contribution in [2.24, 2.45) is 17.6 Å². The Hall–Kier alpha value is -0.980. The lowest BCUT2D eigenvalue weighted by Crippen LogP contribution is -2.29. The first-order valence-electron chi connectivity index (χ1n) is 6.66. The minimum Gasteiger partial charge on any atom is -0.326 e. The maximum atomic E-state index is 12.1. The van der Waals surface area contributed by atoms with Gasteiger partial charge in [-0.05, 0) is 36.3 Å². The van der Waals surface area contributed by atoms with Crippen molar-refractivity contribution in [3.05, 3.63) is 23.9 Å². The third-order valence-corrected chi connectivity index (χ3v) is 5.01. The van der Waals surface area contributed by atoms with Crippen molar-refractivity contribution in [2.45, 2.75) is 37.8 Å². The molecule has 2 rings (SSSR count). The van der Waals surface area contributed by atoms with Gasteiger partial charge in [-0.25, -0.2) is 18.1 Å². The van der Waals surface area contributed by atoms with Gasteiger partial charge in [-0.1, -0.05) is 19.4 Å². The minimum absolute atomic E-state index is 0.0655. The topological polar surface area (TPSA) is 85.1 Å². The highest BCUT2D eigenvalue weighted by atomic mass is 32.2. The minimum atomic E-state index is -3.49. The van der Waals surface area contributed by atoms with Crippen LogP contribution in [0.4, 0.5) is 0 Å². The summed E-state index contributed by atoms with van der Waals surface area (Å²) in [4.78, 5) is 3.95. The molecule has 0 aromatic carbocycles. The molecule has 1 aromatic rings. The fourth-order valence-electron chi connectivity index (χ4n) is 2.50. The molecular formula is C13H21N3O2S. The van der Waals surface area contributed by atoms with Crippen LogP contribution in [0, 0.1) is 11.8 Å². The highest BCUT2D eigenvalue weighted by molar-refractivity contribution is 7.89. The van der Waals surface area contributed by atoms with E-state index in [1.165, 1.54) is 18.7 Å². The highest BCUT2D eigenvalue weighted by Gasteiger charge is 2.24. The smallest absolute Gasteiger partial charge is 0.258 e. The van der Waals surface area contributed by atoms with Crippen molar-refractivity contribution >= 4 is 10.0 Å². The molecule has 0 bridgehead atoms. The molecule has 3 N–H and O–H groups in total. The fraction of sp³-hybridized carbons (Fsp3) is 0.615. The second kappa shape index (κ2) is 5.98. The lowest BCUT2D eigenvalue weighted by Gasteiger charge is -2.11. The Morgan fingerprint density at radius 2 is 2.21 bits per heavy atom. The summed E-state index contributed by atoms with van der Waals surface area (Å²) in [6.07, 6.45) is 4.90. The summed E-state index contributed by atoms with van der Waals surface area (Å²) in [5.41, 5.74) is 6.28. The number of nitrogens with zero attached hydrogens (tertiary/aromatic N) is 1. The van der Waals surface area contributed by atoms with Gasteiger partial charge in [0, 0.05) is 19.3 Å². The molecule has 6 heteroatoms. The van der Waals surface area contributed by atoms with Crippen molar-refractivity contribution in [2.75, 3.05) is 6.54 Å². The predicted octanol–water partition coefficient (Wildman–Crippen LogP) is 1.25. The van der Waals surface area contributed by atoms with Gasteiger partial charge < -0.3 is 5.73 Å². The average molecular weight is 283 g/mol. The van der Waals surface area contributed by atoms with Crippen molar-refractivity contribution in [3.63, 3.8) is 0 Å². The predicted molar refractivity (Wildman–Crippen MR) is 73.8 cm³/mol. The number of rotatable bonds is 5. The van der Waals surface area contributed by atoms with E-state index in [4.69, 9.17) is 5.73 Å². The van der Waals surface area contributed by atoms with Crippen LogP contribution in [0.1, 0.15) is 31.7 Å². The summed E-state index contributed by atoms with van der Waals surface area (Å²) >= 11 is 0. The summed E-state index contributed by atoms with van der Waals surface area (Å²) in [6, 6.07) is 3.20. The second-order valence-corrected chi connectivity index (χ2v) is 7.06. The Morgan fingerprint density at radius 1 is 1.42 bits per heavy atom. The van der Waals surface area contributed by atoms with Crippen LogP contribution < -0.4 is 10.5 Å². The molecule has 1 aliphatic rings. The van der Waals surface area contributed by atoms with E-state index in [-0.39, 0.29) is 5.03 Å². The molecule has 106 valence electrons. The first-order valence-corrected chi connectivity index (χ1v) is 8.14. The van der Waals surface area contributed by atoms with Gasteiger partial charge in [0.05, 0.1) is 0 Å². The normalized spacial score (nSPS) is 23.7. The summed E-state index contributed by atoms with van der Waals surface area (Å²) in [7, 11) is -3.49. The molecule has 0 radical (unpaired) electrons. The van der Waals surface area contributed by atoms with Crippen LogP contribution in [0.2, 0.25) is 0 Å². The summed E-state index contributed by atoms with van der Waals surface area (Å²) in [5, 5.41) is 0.0655. The van der Waals surface area contributed by atoms with E-state index in [1.54, 1.807) is 6.07 Å². The van der Waals surface area contributed by atoms with Crippen LogP contribution in [0.3, 0.4) is 0 Å². The van der Waals surface area contributed by atoms with Crippen LogP contribution in [-0.2, 0) is 16.6 Å². The van der Waals surface area contributed by atoms with Crippen molar-refractivity contribution in [1.29, 1.82) is 0 Å². The third-order valence-electron chi connectivity index (χ3n) is 3.67. The number of nitrogens with one attached hydrogen (secondary N) is 1. The Labute approximate surface area is 114 Å². The van der Waals surface area contributed by atoms with Gasteiger partial charge in [0.1, 0.15) is 0 Å². The van der Waals surface area contributed by atoms with Gasteiger partial charge in [-0.2, -0.15) is 0 Å². The first kappa shape index (κ1) is 14.4. The second-order valence-electron chi connectivity index (χ2n) is 5.34. The molecule has 1 aromatic heterocycles. The number of sulfonamides is 1. The quantitative estimate of drug-likeness (QED) is 0.852. The summed E-state index contributed by atoms with van der Waals surface area (Å²) in [6.45, 7) is 3.08. The highest BCUT2D eigenvalue weighted by Crippen LogP contribution is 2.29. The SMILES string of the molecule is CC1CCC(CNS(=O)(=O)c2ccc(CN)cn2)C1. The lowest BCUT2D eigenvalue weighted by atomic mass is 10.1. The Bertz CT molecular complexity index is 513. The Morgan fingerprint density at radius 3 is 2.74 bits per heavy atom. The van der Waals surface area contributed by atoms with Crippen LogP contribution in [0.15, 0.2) is 23.4 Å². The average Bonchev–Trinajstić information content (AvgIpc) is 2.82. The fourth-order valence-corrected chi connectivity index (χ4v) is 3.54. The standard InChI is InChI=1S/C13H21N3O2S/c1-10-2-3-11(6-10)9-16-19(17,18)13-5-4-12(7-14)8-15-13/h4-5,8,10-11,16H,2-3,6-7,9,14H2,1H3. The number of hydrogen-bond donors (Lipinski definition) is 2. The van der Waals surface area contributed by atoms with E-state index in [9.17, 15) is 8.42 Å². The van der Waals surface area contributed by atoms with Crippen LogP contribution in [0.5, 0.6) is 0 Å². The molecule has 0 saturated heterocycles. The van der Waals surface area contributed by atoms with E-state index >= 15 is 0 Å². The van der Waals surface area contributed by atoms with Gasteiger partial charge in [0.25, 0.3) is 10.0 Å². The van der Waals surface area contributed by atoms with E-state index in [1.807, 2.05) is 0 Å². The molecule has 1 saturated carbocycles. The molecular weight excluding hydrogens is 262 g/mol. The van der Waals surface area contributed by atoms with E-state index < -0.39 is 10.0 Å². The van der Waals surface area contributed by atoms with Crippen molar-refractivity contribution in [3.8, 4) is 0 Å². The summed E-state index contributed by atoms with van der Waals surface area (Å²) in [5.74, 6) is 1.16. The van der Waals surface area contributed by atoms with Crippen molar-refractivity contribution < 1.29 is 8.42 Å². The molecule has 19 heavy (non-hydrogen) atoms. The largest absolute Gasteiger partial charge is 0.326 e. The monoisotopic (exact) mass is 283 g/mol. The maximum absolute atomic E-state index is 12.1. The number of hydrogen-bond acceptors (Lipinski definition) is 4.